The molecule has 0 saturated heterocycles. The number of hydrogen-bond donors (Lipinski definition) is 3. The van der Waals surface area contributed by atoms with Gasteiger partial charge in [0.25, 0.3) is 0 Å². The Morgan fingerprint density at radius 1 is 1.00 bits per heavy atom. The van der Waals surface area contributed by atoms with E-state index in [0.29, 0.717) is 0 Å². The fourth-order valence-electron chi connectivity index (χ4n) is 0. The largest absolute Gasteiger partial charge is 0.328 e. The molecule has 0 aromatic carbocycles. The van der Waals surface area contributed by atoms with Crippen molar-refractivity contribution in [2.24, 2.45) is 0 Å². The molecule has 0 heterocycles. The highest BCUT2D eigenvalue weighted by Crippen LogP contribution is 2.11. The third-order valence-electron chi connectivity index (χ3n) is 0. The van der Waals surface area contributed by atoms with Crippen LogP contribution in [-0.4, -0.2) is 37.7 Å². The lowest BCUT2D eigenvalue weighted by atomic mass is 15.8. The molecule has 0 aromatic rings. The molecule has 0 rings (SSSR count). The lowest BCUT2D eigenvalue weighted by molar-refractivity contribution is 0.368. The Kier molecular flexibility index (Phi) is 9.57. The zero-order valence-electron chi connectivity index (χ0n) is 1.79. The number of rotatable bonds is 0. The van der Waals surface area contributed by atoms with Gasteiger partial charge in [-0.1, -0.05) is 0 Å². The van der Waals surface area contributed by atoms with Crippen LogP contribution < -0.4 is 0 Å². The van der Waals surface area contributed by atoms with Crippen molar-refractivity contribution in [2.45, 2.75) is 0 Å². The van der Waals surface area contributed by atoms with Crippen molar-refractivity contribution < 1.29 is 14.7 Å². The van der Waals surface area contributed by atoms with E-state index in [4.69, 9.17) is 14.7 Å². The van der Waals surface area contributed by atoms with Crippen LogP contribution in [0.1, 0.15) is 0 Å². The van der Waals surface area contributed by atoms with E-state index in [2.05, 4.69) is 0 Å². The molecular formula is H5MgO3P. The zero-order valence-corrected chi connectivity index (χ0v) is 2.68. The van der Waals surface area contributed by atoms with Gasteiger partial charge in [0.05, 0.1) is 0 Å². The molecule has 0 atom stereocenters. The van der Waals surface area contributed by atoms with Crippen LogP contribution in [0.3, 0.4) is 0 Å². The second kappa shape index (κ2) is 5.08. The third kappa shape index (κ3) is 41.5. The van der Waals surface area contributed by atoms with Crippen LogP contribution >= 0.6 is 8.60 Å². The summed E-state index contributed by atoms with van der Waals surface area (Å²) >= 11 is 0. The Labute approximate surface area is 46.8 Å². The van der Waals surface area contributed by atoms with Crippen LogP contribution in [0.15, 0.2) is 0 Å². The first-order chi connectivity index (χ1) is 1.73. The van der Waals surface area contributed by atoms with Crippen LogP contribution in [0.4, 0.5) is 0 Å². The van der Waals surface area contributed by atoms with Gasteiger partial charge in [-0.15, -0.1) is 0 Å². The summed E-state index contributed by atoms with van der Waals surface area (Å²) in [5, 5.41) is 0. The Bertz CT molecular complexity index is 11.6. The fraction of sp³-hybridized carbons (Fsp3) is 0. The standard InChI is InChI=1S/Mg.H3O3P.2H/c;1-4(2)3;;/h;1-3H;;. The first kappa shape index (κ1) is 9.42. The van der Waals surface area contributed by atoms with Gasteiger partial charge in [0.15, 0.2) is 0 Å². The quantitative estimate of drug-likeness (QED) is 0.255. The van der Waals surface area contributed by atoms with Gasteiger partial charge in [0.1, 0.15) is 0 Å². The van der Waals surface area contributed by atoms with E-state index >= 15 is 0 Å². The summed E-state index contributed by atoms with van der Waals surface area (Å²) in [6.45, 7) is 0. The second-order valence-electron chi connectivity index (χ2n) is 0.268. The van der Waals surface area contributed by atoms with Crippen molar-refractivity contribution in [2.75, 3.05) is 0 Å². The average molecular weight is 108 g/mol. The molecule has 3 N–H and O–H groups in total. The molecule has 0 spiro atoms. The van der Waals surface area contributed by atoms with Gasteiger partial charge in [-0.3, -0.25) is 0 Å². The molecule has 0 radical (unpaired) electrons. The van der Waals surface area contributed by atoms with E-state index in [1.54, 1.807) is 0 Å². The summed E-state index contributed by atoms with van der Waals surface area (Å²) in [6.07, 6.45) is 0. The smallest absolute Gasteiger partial charge is 0.324 e. The molecular weight excluding hydrogens is 103 g/mol. The molecule has 0 amide bonds. The molecule has 0 aliphatic rings. The SMILES string of the molecule is OP(O)O.[MgH2]. The Morgan fingerprint density at radius 3 is 1.00 bits per heavy atom. The molecule has 3 nitrogen and oxygen atoms in total. The molecule has 0 fully saturated rings. The third-order valence-corrected chi connectivity index (χ3v) is 0. The monoisotopic (exact) mass is 108 g/mol. The highest BCUT2D eigenvalue weighted by atomic mass is 31.2. The van der Waals surface area contributed by atoms with Crippen molar-refractivity contribution >= 4 is 31.7 Å². The molecule has 0 aromatic heterocycles. The summed E-state index contributed by atoms with van der Waals surface area (Å²) < 4.78 is 0. The maximum absolute atomic E-state index is 7.23. The summed E-state index contributed by atoms with van der Waals surface area (Å²) in [5.74, 6) is 0. The molecule has 30 valence electrons. The lowest BCUT2D eigenvalue weighted by Gasteiger charge is -1.76. The van der Waals surface area contributed by atoms with Crippen molar-refractivity contribution in [3.63, 3.8) is 0 Å². The van der Waals surface area contributed by atoms with E-state index in [9.17, 15) is 0 Å². The van der Waals surface area contributed by atoms with Gasteiger partial charge in [-0.2, -0.15) is 0 Å². The second-order valence-corrected chi connectivity index (χ2v) is 0.805. The Hall–Kier alpha value is 1.08. The van der Waals surface area contributed by atoms with Crippen molar-refractivity contribution in [3.8, 4) is 0 Å². The summed E-state index contributed by atoms with van der Waals surface area (Å²) in [4.78, 5) is 21.7. The molecule has 0 bridgehead atoms. The number of hydrogen-bond acceptors (Lipinski definition) is 3. The molecule has 5 heavy (non-hydrogen) atoms. The Morgan fingerprint density at radius 2 is 1.00 bits per heavy atom. The predicted molar refractivity (Wildman–Crippen MR) is 22.1 cm³/mol. The van der Waals surface area contributed by atoms with E-state index in [0.717, 1.165) is 0 Å². The van der Waals surface area contributed by atoms with Gasteiger partial charge in [0, 0.05) is 0 Å². The summed E-state index contributed by atoms with van der Waals surface area (Å²) in [7, 11) is -2.62. The average Bonchev–Trinajstić information content (AvgIpc) is 0.811. The van der Waals surface area contributed by atoms with Crippen molar-refractivity contribution in [3.05, 3.63) is 0 Å². The highest BCUT2D eigenvalue weighted by molar-refractivity contribution is 7.38. The van der Waals surface area contributed by atoms with Gasteiger partial charge in [-0.05, 0) is 0 Å². The minimum atomic E-state index is -2.62. The van der Waals surface area contributed by atoms with Gasteiger partial charge in [-0.25, -0.2) is 0 Å². The fourth-order valence-corrected chi connectivity index (χ4v) is 0. The highest BCUT2D eigenvalue weighted by Gasteiger charge is 1.76. The van der Waals surface area contributed by atoms with E-state index in [-0.39, 0.29) is 23.1 Å². The van der Waals surface area contributed by atoms with Gasteiger partial charge >= 0.3 is 31.7 Å². The summed E-state index contributed by atoms with van der Waals surface area (Å²) in [6, 6.07) is 0. The lowest BCUT2D eigenvalue weighted by Crippen LogP contribution is -1.54. The first-order valence-corrected chi connectivity index (χ1v) is 1.80. The van der Waals surface area contributed by atoms with E-state index in [1.807, 2.05) is 0 Å². The van der Waals surface area contributed by atoms with Crippen LogP contribution in [0.25, 0.3) is 0 Å². The zero-order chi connectivity index (χ0) is 3.58. The minimum absolute atomic E-state index is 0. The van der Waals surface area contributed by atoms with E-state index in [1.165, 1.54) is 0 Å². The molecule has 0 aliphatic carbocycles. The Balaban J connectivity index is 0. The predicted octanol–water partition coefficient (Wildman–Crippen LogP) is -1.73. The van der Waals surface area contributed by atoms with Crippen LogP contribution in [0.2, 0.25) is 0 Å². The van der Waals surface area contributed by atoms with Gasteiger partial charge < -0.3 is 14.7 Å². The van der Waals surface area contributed by atoms with Crippen LogP contribution in [0.5, 0.6) is 0 Å². The molecule has 0 unspecified atom stereocenters. The molecule has 0 aliphatic heterocycles. The first-order valence-electron chi connectivity index (χ1n) is 0.600. The van der Waals surface area contributed by atoms with Gasteiger partial charge in [0.2, 0.25) is 0 Å². The van der Waals surface area contributed by atoms with Crippen molar-refractivity contribution in [1.82, 2.24) is 0 Å². The molecule has 5 heteroatoms. The minimum Gasteiger partial charge on any atom is -0.328 e. The maximum atomic E-state index is 7.23. The maximum Gasteiger partial charge on any atom is 0.324 e. The topological polar surface area (TPSA) is 60.7 Å². The van der Waals surface area contributed by atoms with Crippen molar-refractivity contribution in [1.29, 1.82) is 0 Å². The molecule has 0 saturated carbocycles. The van der Waals surface area contributed by atoms with Crippen LogP contribution in [-0.2, 0) is 0 Å². The van der Waals surface area contributed by atoms with Crippen LogP contribution in [0, 0.1) is 0 Å². The van der Waals surface area contributed by atoms with E-state index < -0.39 is 8.60 Å². The summed E-state index contributed by atoms with van der Waals surface area (Å²) in [5.41, 5.74) is 0. The normalized spacial score (nSPS) is 7.20.